The summed E-state index contributed by atoms with van der Waals surface area (Å²) in [5.41, 5.74) is 0.662. The molecule has 3 rings (SSSR count). The zero-order chi connectivity index (χ0) is 12.4. The molecule has 18 heavy (non-hydrogen) atoms. The molecule has 1 aromatic carbocycles. The number of rotatable bonds is 5. The minimum absolute atomic E-state index is 0.0518. The third-order valence-electron chi connectivity index (χ3n) is 3.38. The topological polar surface area (TPSA) is 42.4 Å². The van der Waals surface area contributed by atoms with Crippen molar-refractivity contribution in [1.82, 2.24) is 4.98 Å². The van der Waals surface area contributed by atoms with Gasteiger partial charge in [0.1, 0.15) is 0 Å². The van der Waals surface area contributed by atoms with Crippen molar-refractivity contribution < 1.29 is 9.84 Å². The Bertz CT molecular complexity index is 549. The number of aliphatic hydroxyl groups is 1. The number of pyridine rings is 1. The fourth-order valence-corrected chi connectivity index (χ4v) is 2.14. The van der Waals surface area contributed by atoms with Gasteiger partial charge >= 0.3 is 0 Å². The first-order chi connectivity index (χ1) is 8.86. The number of ether oxygens (including phenoxy) is 1. The number of hydrogen-bond donors (Lipinski definition) is 1. The number of fused-ring (bicyclic) bond motifs is 1. The second-order valence-electron chi connectivity index (χ2n) is 4.88. The Labute approximate surface area is 106 Å². The Morgan fingerprint density at radius 3 is 2.89 bits per heavy atom. The first-order valence-corrected chi connectivity index (χ1v) is 6.49. The van der Waals surface area contributed by atoms with Crippen molar-refractivity contribution in [2.24, 2.45) is 5.92 Å². The van der Waals surface area contributed by atoms with Crippen LogP contribution in [0.25, 0.3) is 10.8 Å². The average Bonchev–Trinajstić information content (AvgIpc) is 3.22. The van der Waals surface area contributed by atoms with Gasteiger partial charge in [-0.1, -0.05) is 31.0 Å². The van der Waals surface area contributed by atoms with Gasteiger partial charge in [0, 0.05) is 5.39 Å². The largest absolute Gasteiger partial charge is 0.477 e. The van der Waals surface area contributed by atoms with Gasteiger partial charge in [-0.15, -0.1) is 0 Å². The molecule has 0 saturated heterocycles. The highest BCUT2D eigenvalue weighted by atomic mass is 16.5. The fraction of sp³-hybridized carbons (Fsp3) is 0.400. The van der Waals surface area contributed by atoms with Crippen LogP contribution in [0.15, 0.2) is 30.3 Å². The molecular weight excluding hydrogens is 226 g/mol. The van der Waals surface area contributed by atoms with Gasteiger partial charge in [0.2, 0.25) is 5.88 Å². The van der Waals surface area contributed by atoms with E-state index in [-0.39, 0.29) is 6.61 Å². The summed E-state index contributed by atoms with van der Waals surface area (Å²) in [6, 6.07) is 9.90. The molecule has 2 aromatic rings. The van der Waals surface area contributed by atoms with E-state index in [1.54, 1.807) is 0 Å². The number of benzene rings is 1. The molecule has 94 valence electrons. The van der Waals surface area contributed by atoms with Crippen LogP contribution in [-0.2, 0) is 6.61 Å². The van der Waals surface area contributed by atoms with E-state index in [0.29, 0.717) is 11.6 Å². The van der Waals surface area contributed by atoms with E-state index in [1.807, 2.05) is 30.3 Å². The van der Waals surface area contributed by atoms with Crippen LogP contribution >= 0.6 is 0 Å². The predicted molar refractivity (Wildman–Crippen MR) is 70.5 cm³/mol. The molecule has 1 heterocycles. The molecular formula is C15H17NO2. The number of aliphatic hydroxyl groups excluding tert-OH is 1. The van der Waals surface area contributed by atoms with Crippen molar-refractivity contribution in [1.29, 1.82) is 0 Å². The van der Waals surface area contributed by atoms with Gasteiger partial charge in [-0.25, -0.2) is 4.98 Å². The molecule has 0 spiro atoms. The maximum atomic E-state index is 9.23. The lowest BCUT2D eigenvalue weighted by Gasteiger charge is -2.09. The number of aromatic nitrogens is 1. The van der Waals surface area contributed by atoms with Gasteiger partial charge in [0.15, 0.2) is 0 Å². The average molecular weight is 243 g/mol. The number of nitrogens with zero attached hydrogens (tertiary/aromatic N) is 1. The molecule has 0 aliphatic heterocycles. The lowest BCUT2D eigenvalue weighted by molar-refractivity contribution is 0.267. The Balaban J connectivity index is 1.86. The van der Waals surface area contributed by atoms with Gasteiger partial charge in [0.05, 0.1) is 18.9 Å². The predicted octanol–water partition coefficient (Wildman–Crippen LogP) is 2.91. The van der Waals surface area contributed by atoms with Gasteiger partial charge in [-0.05, 0) is 29.9 Å². The van der Waals surface area contributed by atoms with E-state index in [2.05, 4.69) is 4.98 Å². The smallest absolute Gasteiger partial charge is 0.221 e. The van der Waals surface area contributed by atoms with Crippen LogP contribution in [0.1, 0.15) is 25.0 Å². The van der Waals surface area contributed by atoms with Gasteiger partial charge in [-0.3, -0.25) is 0 Å². The van der Waals surface area contributed by atoms with Crippen molar-refractivity contribution in [2.45, 2.75) is 25.9 Å². The zero-order valence-electron chi connectivity index (χ0n) is 10.3. The Hall–Kier alpha value is -1.61. The first kappa shape index (κ1) is 11.5. The minimum atomic E-state index is -0.0518. The molecule has 1 aromatic heterocycles. The Morgan fingerprint density at radius 2 is 2.11 bits per heavy atom. The lowest BCUT2D eigenvalue weighted by atomic mass is 10.1. The highest BCUT2D eigenvalue weighted by Gasteiger charge is 2.21. The summed E-state index contributed by atoms with van der Waals surface area (Å²) in [5, 5.41) is 11.3. The normalized spacial score (nSPS) is 14.9. The molecule has 3 nitrogen and oxygen atoms in total. The molecule has 1 aliphatic rings. The molecule has 0 amide bonds. The van der Waals surface area contributed by atoms with Crippen molar-refractivity contribution >= 4 is 10.8 Å². The molecule has 0 atom stereocenters. The third-order valence-corrected chi connectivity index (χ3v) is 3.38. The van der Waals surface area contributed by atoms with Crippen LogP contribution < -0.4 is 4.74 Å². The molecule has 1 fully saturated rings. The third kappa shape index (κ3) is 2.46. The summed E-state index contributed by atoms with van der Waals surface area (Å²) in [6.07, 6.45) is 3.79. The van der Waals surface area contributed by atoms with E-state index in [9.17, 15) is 5.11 Å². The molecule has 1 aliphatic carbocycles. The van der Waals surface area contributed by atoms with Crippen LogP contribution in [0, 0.1) is 5.92 Å². The van der Waals surface area contributed by atoms with Crippen LogP contribution in [-0.4, -0.2) is 16.7 Å². The highest BCUT2D eigenvalue weighted by molar-refractivity contribution is 5.87. The van der Waals surface area contributed by atoms with E-state index >= 15 is 0 Å². The highest BCUT2D eigenvalue weighted by Crippen LogP contribution is 2.32. The van der Waals surface area contributed by atoms with Crippen molar-refractivity contribution in [2.75, 3.05) is 6.61 Å². The maximum Gasteiger partial charge on any atom is 0.221 e. The standard InChI is InChI=1S/C15H17NO2/c17-10-13-9-12-3-1-2-4-14(12)15(16-13)18-8-7-11-5-6-11/h1-4,9,11,17H,5-8,10H2. The molecule has 0 radical (unpaired) electrons. The fourth-order valence-electron chi connectivity index (χ4n) is 2.14. The van der Waals surface area contributed by atoms with E-state index in [0.717, 1.165) is 29.7 Å². The van der Waals surface area contributed by atoms with Gasteiger partial charge in [-0.2, -0.15) is 0 Å². The summed E-state index contributed by atoms with van der Waals surface area (Å²) >= 11 is 0. The van der Waals surface area contributed by atoms with Crippen LogP contribution in [0.3, 0.4) is 0 Å². The first-order valence-electron chi connectivity index (χ1n) is 6.49. The minimum Gasteiger partial charge on any atom is -0.477 e. The molecule has 0 bridgehead atoms. The van der Waals surface area contributed by atoms with Crippen molar-refractivity contribution in [3.05, 3.63) is 36.0 Å². The monoisotopic (exact) mass is 243 g/mol. The second-order valence-corrected chi connectivity index (χ2v) is 4.88. The summed E-state index contributed by atoms with van der Waals surface area (Å²) in [5.74, 6) is 1.51. The number of hydrogen-bond acceptors (Lipinski definition) is 3. The molecule has 1 N–H and O–H groups in total. The van der Waals surface area contributed by atoms with Crippen molar-refractivity contribution in [3.63, 3.8) is 0 Å². The quantitative estimate of drug-likeness (QED) is 0.878. The van der Waals surface area contributed by atoms with E-state index < -0.39 is 0 Å². The second kappa shape index (κ2) is 4.94. The molecule has 0 unspecified atom stereocenters. The summed E-state index contributed by atoms with van der Waals surface area (Å²) in [6.45, 7) is 0.667. The van der Waals surface area contributed by atoms with Crippen LogP contribution in [0.4, 0.5) is 0 Å². The van der Waals surface area contributed by atoms with Crippen molar-refractivity contribution in [3.8, 4) is 5.88 Å². The van der Waals surface area contributed by atoms with Gasteiger partial charge in [0.25, 0.3) is 0 Å². The lowest BCUT2D eigenvalue weighted by Crippen LogP contribution is -2.02. The van der Waals surface area contributed by atoms with Crippen LogP contribution in [0.2, 0.25) is 0 Å². The van der Waals surface area contributed by atoms with Crippen LogP contribution in [0.5, 0.6) is 5.88 Å². The summed E-state index contributed by atoms with van der Waals surface area (Å²) in [7, 11) is 0. The molecule has 1 saturated carbocycles. The Morgan fingerprint density at radius 1 is 1.28 bits per heavy atom. The zero-order valence-corrected chi connectivity index (χ0v) is 10.3. The Kier molecular flexibility index (Phi) is 3.15. The van der Waals surface area contributed by atoms with E-state index in [4.69, 9.17) is 4.74 Å². The van der Waals surface area contributed by atoms with Gasteiger partial charge < -0.3 is 9.84 Å². The summed E-state index contributed by atoms with van der Waals surface area (Å²) < 4.78 is 5.79. The van der Waals surface area contributed by atoms with E-state index in [1.165, 1.54) is 12.8 Å². The SMILES string of the molecule is OCc1cc2ccccc2c(OCCC2CC2)n1. The summed E-state index contributed by atoms with van der Waals surface area (Å²) in [4.78, 5) is 4.36. The molecule has 3 heteroatoms. The maximum absolute atomic E-state index is 9.23.